The molecule has 14 heteroatoms. The van der Waals surface area contributed by atoms with Crippen LogP contribution in [-0.4, -0.2) is 74.1 Å². The molecule has 0 saturated carbocycles. The molecule has 6 aromatic carbocycles. The molecule has 2 fully saturated rings. The van der Waals surface area contributed by atoms with Gasteiger partial charge in [0.25, 0.3) is 5.69 Å². The lowest BCUT2D eigenvalue weighted by molar-refractivity contribution is -0.384. The number of anilines is 1. The van der Waals surface area contributed by atoms with E-state index in [9.17, 15) is 28.4 Å². The number of hydrogen-bond donors (Lipinski definition) is 3. The van der Waals surface area contributed by atoms with Gasteiger partial charge in [-0.2, -0.15) is 4.72 Å². The Kier molecular flexibility index (Phi) is 14.7. The molecule has 2 aliphatic heterocycles. The van der Waals surface area contributed by atoms with E-state index in [0.717, 1.165) is 76.4 Å². The molecular weight excluding hydrogens is 855 g/mol. The number of ether oxygens (including phenoxy) is 2. The molecule has 5 atom stereocenters. The van der Waals surface area contributed by atoms with Crippen molar-refractivity contribution in [2.45, 2.75) is 62.9 Å². The number of amides is 1. The van der Waals surface area contributed by atoms with Gasteiger partial charge >= 0.3 is 0 Å². The van der Waals surface area contributed by atoms with Crippen LogP contribution in [0.5, 0.6) is 0 Å². The minimum absolute atomic E-state index is 0.00536. The topological polar surface area (TPSA) is 164 Å². The Morgan fingerprint density at radius 2 is 1.44 bits per heavy atom. The van der Waals surface area contributed by atoms with Crippen LogP contribution in [0, 0.1) is 23.0 Å². The van der Waals surface area contributed by atoms with Crippen LogP contribution in [-0.2, 0) is 43.9 Å². The number of nitrogens with one attached hydrogen (secondary N) is 2. The van der Waals surface area contributed by atoms with Crippen molar-refractivity contribution in [2.75, 3.05) is 37.6 Å². The third kappa shape index (κ3) is 11.4. The van der Waals surface area contributed by atoms with Crippen molar-refractivity contribution in [1.82, 2.24) is 14.9 Å². The maximum Gasteiger partial charge on any atom is 0.269 e. The van der Waals surface area contributed by atoms with Crippen LogP contribution >= 0.6 is 0 Å². The molecule has 8 rings (SSSR count). The molecule has 342 valence electrons. The van der Waals surface area contributed by atoms with Crippen LogP contribution in [0.25, 0.3) is 11.1 Å². The predicted molar refractivity (Wildman–Crippen MR) is 254 cm³/mol. The lowest BCUT2D eigenvalue weighted by atomic mass is 9.89. The Bertz CT molecular complexity index is 2700. The van der Waals surface area contributed by atoms with Gasteiger partial charge in [0.05, 0.1) is 28.6 Å². The molecule has 0 radical (unpaired) electrons. The fourth-order valence-electron chi connectivity index (χ4n) is 8.60. The van der Waals surface area contributed by atoms with Gasteiger partial charge in [-0.1, -0.05) is 116 Å². The minimum atomic E-state index is -3.99. The largest absolute Gasteiger partial charge is 0.392 e. The van der Waals surface area contributed by atoms with Gasteiger partial charge in [-0.05, 0) is 83.1 Å². The molecule has 6 aromatic rings. The summed E-state index contributed by atoms with van der Waals surface area (Å²) in [6.07, 6.45) is -0.973. The fourth-order valence-corrected chi connectivity index (χ4v) is 9.80. The second kappa shape index (κ2) is 20.9. The molecule has 2 heterocycles. The zero-order valence-corrected chi connectivity index (χ0v) is 37.8. The zero-order chi connectivity index (χ0) is 46.2. The Morgan fingerprint density at radius 3 is 2.12 bits per heavy atom. The summed E-state index contributed by atoms with van der Waals surface area (Å²) in [4.78, 5) is 29.3. The van der Waals surface area contributed by atoms with Crippen LogP contribution in [0.4, 0.5) is 11.4 Å². The standard InChI is InChI=1S/C52H55N5O8S/c1-36-14-24-47(25-15-36)66(62,63)54-48(31-38-8-4-3-5-9-38)51(59)53-33-40-10-6-11-42(30-40)43-12-7-13-44(32-43)52-64-49(37(2)50(65-52)41-18-16-39(35-58)17-19-41)34-55-26-28-56(29-27-55)45-20-22-46(23-21-45)57(60)61/h3-25,30,32,37,48-50,52,54,58H,26-29,31,33-35H2,1-2H3,(H,53,59)/t37-,48-,49+,50+,52+/m1/s1. The maximum atomic E-state index is 13.8. The average molecular weight is 910 g/mol. The van der Waals surface area contributed by atoms with E-state index in [2.05, 4.69) is 32.8 Å². The Morgan fingerprint density at radius 1 is 0.773 bits per heavy atom. The number of nitro benzene ring substituents is 1. The van der Waals surface area contributed by atoms with E-state index in [1.54, 1.807) is 24.3 Å². The summed E-state index contributed by atoms with van der Waals surface area (Å²) >= 11 is 0. The highest BCUT2D eigenvalue weighted by molar-refractivity contribution is 7.89. The first-order valence-corrected chi connectivity index (χ1v) is 23.7. The molecule has 0 bridgehead atoms. The van der Waals surface area contributed by atoms with Crippen molar-refractivity contribution in [3.63, 3.8) is 0 Å². The normalized spacial score (nSPS) is 19.5. The highest BCUT2D eigenvalue weighted by Crippen LogP contribution is 2.42. The molecule has 13 nitrogen and oxygen atoms in total. The number of hydrogen-bond acceptors (Lipinski definition) is 10. The number of carbonyl (C=O) groups excluding carboxylic acids is 1. The SMILES string of the molecule is Cc1ccc(S(=O)(=O)N[C@H](Cc2ccccc2)C(=O)NCc2cccc(-c3cccc([C@H]4O[C@@H](CN5CCN(c6ccc([N+](=O)[O-])cc6)CC5)[C@@H](C)[C@@H](c5ccc(CO)cc5)O4)c3)c2)cc1. The summed E-state index contributed by atoms with van der Waals surface area (Å²) in [5.74, 6) is -0.446. The highest BCUT2D eigenvalue weighted by atomic mass is 32.2. The summed E-state index contributed by atoms with van der Waals surface area (Å²) in [7, 11) is -3.99. The van der Waals surface area contributed by atoms with Crippen LogP contribution in [0.2, 0.25) is 0 Å². The van der Waals surface area contributed by atoms with Crippen molar-refractivity contribution in [1.29, 1.82) is 0 Å². The number of benzene rings is 6. The van der Waals surface area contributed by atoms with Gasteiger partial charge in [0.15, 0.2) is 6.29 Å². The first-order chi connectivity index (χ1) is 31.9. The maximum absolute atomic E-state index is 13.8. The molecule has 2 aliphatic rings. The van der Waals surface area contributed by atoms with Crippen molar-refractivity contribution >= 4 is 27.3 Å². The number of piperazine rings is 1. The van der Waals surface area contributed by atoms with E-state index in [0.29, 0.717) is 6.54 Å². The van der Waals surface area contributed by atoms with E-state index < -0.39 is 28.3 Å². The van der Waals surface area contributed by atoms with Crippen LogP contribution < -0.4 is 14.9 Å². The predicted octanol–water partition coefficient (Wildman–Crippen LogP) is 7.88. The van der Waals surface area contributed by atoms with Gasteiger partial charge < -0.3 is 24.8 Å². The van der Waals surface area contributed by atoms with Gasteiger partial charge in [0, 0.05) is 68.6 Å². The smallest absolute Gasteiger partial charge is 0.269 e. The number of non-ortho nitro benzene ring substituents is 1. The number of carbonyl (C=O) groups is 1. The van der Waals surface area contributed by atoms with E-state index in [1.807, 2.05) is 116 Å². The van der Waals surface area contributed by atoms with Gasteiger partial charge in [0.2, 0.25) is 15.9 Å². The van der Waals surface area contributed by atoms with Crippen LogP contribution in [0.1, 0.15) is 52.7 Å². The summed E-state index contributed by atoms with van der Waals surface area (Å²) in [5.41, 5.74) is 8.16. The van der Waals surface area contributed by atoms with Crippen molar-refractivity contribution < 1.29 is 32.7 Å². The number of rotatable bonds is 16. The van der Waals surface area contributed by atoms with Crippen molar-refractivity contribution in [3.05, 3.63) is 195 Å². The first kappa shape index (κ1) is 46.3. The number of nitro groups is 1. The quantitative estimate of drug-likeness (QED) is 0.0643. The van der Waals surface area contributed by atoms with Gasteiger partial charge in [-0.15, -0.1) is 0 Å². The van der Waals surface area contributed by atoms with E-state index in [4.69, 9.17) is 9.47 Å². The van der Waals surface area contributed by atoms with Crippen molar-refractivity contribution in [3.8, 4) is 11.1 Å². The zero-order valence-electron chi connectivity index (χ0n) is 37.0. The first-order valence-electron chi connectivity index (χ1n) is 22.2. The molecule has 3 N–H and O–H groups in total. The fraction of sp³-hybridized carbons (Fsp3) is 0.288. The molecular formula is C52H55N5O8S. The third-order valence-corrected chi connectivity index (χ3v) is 14.0. The second-order valence-corrected chi connectivity index (χ2v) is 18.8. The number of aryl methyl sites for hydroxylation is 1. The van der Waals surface area contributed by atoms with E-state index in [1.165, 1.54) is 12.1 Å². The minimum Gasteiger partial charge on any atom is -0.392 e. The van der Waals surface area contributed by atoms with E-state index >= 15 is 0 Å². The Balaban J connectivity index is 0.968. The van der Waals surface area contributed by atoms with Crippen LogP contribution in [0.15, 0.2) is 157 Å². The lowest BCUT2D eigenvalue weighted by Gasteiger charge is -2.44. The lowest BCUT2D eigenvalue weighted by Crippen LogP contribution is -2.51. The Hall–Kier alpha value is -6.26. The Labute approximate surface area is 386 Å². The van der Waals surface area contributed by atoms with Gasteiger partial charge in [0.1, 0.15) is 6.04 Å². The number of nitrogens with zero attached hydrogens (tertiary/aromatic N) is 3. The van der Waals surface area contributed by atoms with Crippen LogP contribution in [0.3, 0.4) is 0 Å². The second-order valence-electron chi connectivity index (χ2n) is 17.1. The number of aliphatic hydroxyl groups is 1. The highest BCUT2D eigenvalue weighted by Gasteiger charge is 2.39. The average Bonchev–Trinajstić information content (AvgIpc) is 3.34. The monoisotopic (exact) mass is 909 g/mol. The molecule has 0 unspecified atom stereocenters. The molecule has 2 saturated heterocycles. The molecule has 1 amide bonds. The molecule has 0 spiro atoms. The molecule has 66 heavy (non-hydrogen) atoms. The summed E-state index contributed by atoms with van der Waals surface area (Å²) in [6.45, 7) is 8.00. The third-order valence-electron chi connectivity index (χ3n) is 12.5. The molecule has 0 aliphatic carbocycles. The summed E-state index contributed by atoms with van der Waals surface area (Å²) in [5, 5.41) is 23.9. The number of sulfonamides is 1. The van der Waals surface area contributed by atoms with Gasteiger partial charge in [-0.3, -0.25) is 19.8 Å². The van der Waals surface area contributed by atoms with Gasteiger partial charge in [-0.25, -0.2) is 8.42 Å². The molecule has 0 aromatic heterocycles. The summed E-state index contributed by atoms with van der Waals surface area (Å²) < 4.78 is 43.2. The van der Waals surface area contributed by atoms with E-state index in [-0.39, 0.29) is 53.2 Å². The number of aliphatic hydroxyl groups excluding tert-OH is 1. The summed E-state index contributed by atoms with van der Waals surface area (Å²) in [6, 6.07) is 45.3. The van der Waals surface area contributed by atoms with Crippen molar-refractivity contribution in [2.24, 2.45) is 5.92 Å².